The molecule has 0 saturated carbocycles. The third-order valence-electron chi connectivity index (χ3n) is 3.09. The van der Waals surface area contributed by atoms with Gasteiger partial charge in [0.2, 0.25) is 0 Å². The second-order valence-electron chi connectivity index (χ2n) is 4.57. The highest BCUT2D eigenvalue weighted by molar-refractivity contribution is 9.10. The molecule has 0 spiro atoms. The molecule has 0 bridgehead atoms. The number of nitrogens with one attached hydrogen (secondary N) is 1. The summed E-state index contributed by atoms with van der Waals surface area (Å²) in [6.07, 6.45) is 1.50. The Morgan fingerprint density at radius 1 is 1.33 bits per heavy atom. The summed E-state index contributed by atoms with van der Waals surface area (Å²) in [6, 6.07) is 7.35. The third-order valence-corrected chi connectivity index (χ3v) is 3.58. The molecule has 0 radical (unpaired) electrons. The van der Waals surface area contributed by atoms with Crippen LogP contribution in [0.15, 0.2) is 38.5 Å². The Morgan fingerprint density at radius 2 is 2.05 bits per heavy atom. The van der Waals surface area contributed by atoms with Crippen LogP contribution in [0, 0.1) is 11.3 Å². The first kappa shape index (κ1) is 15.1. The molecule has 0 fully saturated rings. The van der Waals surface area contributed by atoms with Crippen LogP contribution in [0.4, 0.5) is 5.69 Å². The van der Waals surface area contributed by atoms with E-state index >= 15 is 0 Å². The number of aryl methyl sites for hydroxylation is 1. The van der Waals surface area contributed by atoms with Gasteiger partial charge in [-0.1, -0.05) is 15.9 Å². The highest BCUT2D eigenvalue weighted by Gasteiger charge is 2.08. The molecule has 7 heteroatoms. The minimum atomic E-state index is -0.370. The maximum atomic E-state index is 12.0. The van der Waals surface area contributed by atoms with Crippen LogP contribution >= 0.6 is 15.9 Å². The molecular formula is C14H13BrN4O2. The van der Waals surface area contributed by atoms with Crippen molar-refractivity contribution in [3.05, 3.63) is 60.8 Å². The molecule has 108 valence electrons. The van der Waals surface area contributed by atoms with E-state index in [2.05, 4.69) is 27.3 Å². The first-order chi connectivity index (χ1) is 9.93. The fraction of sp³-hybridized carbons (Fsp3) is 0.214. The quantitative estimate of drug-likeness (QED) is 0.907. The zero-order valence-corrected chi connectivity index (χ0v) is 13.1. The summed E-state index contributed by atoms with van der Waals surface area (Å²) in [4.78, 5) is 23.6. The molecule has 0 aliphatic rings. The highest BCUT2D eigenvalue weighted by Crippen LogP contribution is 2.20. The number of anilines is 1. The number of benzene rings is 1. The van der Waals surface area contributed by atoms with E-state index < -0.39 is 0 Å². The van der Waals surface area contributed by atoms with Gasteiger partial charge in [0, 0.05) is 31.3 Å². The molecule has 1 aromatic heterocycles. The summed E-state index contributed by atoms with van der Waals surface area (Å²) in [6.45, 7) is 0.233. The van der Waals surface area contributed by atoms with Gasteiger partial charge in [0.1, 0.15) is 6.07 Å². The van der Waals surface area contributed by atoms with Gasteiger partial charge < -0.3 is 9.88 Å². The van der Waals surface area contributed by atoms with Gasteiger partial charge in [-0.2, -0.15) is 5.26 Å². The molecule has 0 aliphatic heterocycles. The molecule has 1 N–H and O–H groups in total. The molecule has 1 heterocycles. The van der Waals surface area contributed by atoms with Gasteiger partial charge in [-0.3, -0.25) is 9.36 Å². The lowest BCUT2D eigenvalue weighted by Gasteiger charge is -2.10. The van der Waals surface area contributed by atoms with E-state index in [1.807, 2.05) is 6.07 Å². The van der Waals surface area contributed by atoms with Crippen molar-refractivity contribution in [1.82, 2.24) is 9.13 Å². The molecule has 0 saturated heterocycles. The van der Waals surface area contributed by atoms with E-state index in [-0.39, 0.29) is 17.8 Å². The summed E-state index contributed by atoms with van der Waals surface area (Å²) in [5.41, 5.74) is 0.848. The fourth-order valence-corrected chi connectivity index (χ4v) is 2.32. The van der Waals surface area contributed by atoms with E-state index in [0.717, 1.165) is 9.04 Å². The van der Waals surface area contributed by atoms with Crippen molar-refractivity contribution in [1.29, 1.82) is 5.26 Å². The van der Waals surface area contributed by atoms with Gasteiger partial charge in [0.05, 0.1) is 16.8 Å². The third kappa shape index (κ3) is 3.06. The maximum absolute atomic E-state index is 12.0. The minimum absolute atomic E-state index is 0.233. The lowest BCUT2D eigenvalue weighted by molar-refractivity contribution is 0.671. The molecule has 0 atom stereocenters. The predicted molar refractivity (Wildman–Crippen MR) is 83.1 cm³/mol. The smallest absolute Gasteiger partial charge is 0.330 e. The summed E-state index contributed by atoms with van der Waals surface area (Å²) in [5, 5.41) is 12.1. The van der Waals surface area contributed by atoms with Crippen molar-refractivity contribution in [3.8, 4) is 6.07 Å². The molecule has 6 nitrogen and oxygen atoms in total. The number of nitriles is 1. The monoisotopic (exact) mass is 348 g/mol. The molecular weight excluding hydrogens is 336 g/mol. The van der Waals surface area contributed by atoms with Crippen molar-refractivity contribution < 1.29 is 0 Å². The molecule has 2 aromatic rings. The Hall–Kier alpha value is -2.33. The van der Waals surface area contributed by atoms with Gasteiger partial charge in [0.15, 0.2) is 0 Å². The average molecular weight is 349 g/mol. The number of rotatable bonds is 3. The topological polar surface area (TPSA) is 79.8 Å². The zero-order chi connectivity index (χ0) is 15.6. The van der Waals surface area contributed by atoms with E-state index in [4.69, 9.17) is 5.26 Å². The molecule has 0 aliphatic carbocycles. The van der Waals surface area contributed by atoms with Gasteiger partial charge in [0.25, 0.3) is 5.56 Å². The van der Waals surface area contributed by atoms with Crippen LogP contribution < -0.4 is 16.6 Å². The Labute approximate surface area is 129 Å². The molecule has 1 aromatic carbocycles. The number of nitrogens with zero attached hydrogens (tertiary/aromatic N) is 3. The zero-order valence-electron chi connectivity index (χ0n) is 11.6. The second kappa shape index (κ2) is 5.97. The second-order valence-corrected chi connectivity index (χ2v) is 5.48. The maximum Gasteiger partial charge on any atom is 0.330 e. The molecule has 21 heavy (non-hydrogen) atoms. The van der Waals surface area contributed by atoms with Gasteiger partial charge in [-0.15, -0.1) is 0 Å². The van der Waals surface area contributed by atoms with Crippen LogP contribution in [0.1, 0.15) is 11.1 Å². The minimum Gasteiger partial charge on any atom is -0.380 e. The average Bonchev–Trinajstić information content (AvgIpc) is 2.48. The lowest BCUT2D eigenvalue weighted by atomic mass is 10.2. The van der Waals surface area contributed by atoms with Gasteiger partial charge in [-0.05, 0) is 18.2 Å². The predicted octanol–water partition coefficient (Wildman–Crippen LogP) is 1.33. The van der Waals surface area contributed by atoms with Crippen LogP contribution in [0.3, 0.4) is 0 Å². The van der Waals surface area contributed by atoms with Crippen molar-refractivity contribution in [2.24, 2.45) is 14.1 Å². The Kier molecular flexibility index (Phi) is 4.29. The number of hydrogen-bond donors (Lipinski definition) is 1. The van der Waals surface area contributed by atoms with Gasteiger partial charge >= 0.3 is 5.69 Å². The largest absolute Gasteiger partial charge is 0.380 e. The van der Waals surface area contributed by atoms with Crippen molar-refractivity contribution in [2.75, 3.05) is 5.32 Å². The van der Waals surface area contributed by atoms with Crippen LogP contribution in [0.5, 0.6) is 0 Å². The Morgan fingerprint density at radius 3 is 2.71 bits per heavy atom. The van der Waals surface area contributed by atoms with E-state index in [1.165, 1.54) is 17.8 Å². The highest BCUT2D eigenvalue weighted by atomic mass is 79.9. The SMILES string of the molecule is Cn1cc(CNc2ccc(Br)cc2C#N)c(=O)n(C)c1=O. The fourth-order valence-electron chi connectivity index (χ4n) is 1.96. The molecule has 2 rings (SSSR count). The first-order valence-corrected chi connectivity index (χ1v) is 6.92. The Bertz CT molecular complexity index is 846. The van der Waals surface area contributed by atoms with E-state index in [0.29, 0.717) is 16.8 Å². The van der Waals surface area contributed by atoms with Crippen LogP contribution in [0.2, 0.25) is 0 Å². The summed E-state index contributed by atoms with van der Waals surface area (Å²) in [7, 11) is 3.03. The van der Waals surface area contributed by atoms with Gasteiger partial charge in [-0.25, -0.2) is 4.79 Å². The van der Waals surface area contributed by atoms with Crippen molar-refractivity contribution >= 4 is 21.6 Å². The normalized spacial score (nSPS) is 10.2. The number of halogens is 1. The van der Waals surface area contributed by atoms with Crippen LogP contribution in [0.25, 0.3) is 0 Å². The molecule has 0 amide bonds. The van der Waals surface area contributed by atoms with Crippen LogP contribution in [-0.4, -0.2) is 9.13 Å². The van der Waals surface area contributed by atoms with E-state index in [9.17, 15) is 9.59 Å². The summed E-state index contributed by atoms with van der Waals surface area (Å²) >= 11 is 3.30. The van der Waals surface area contributed by atoms with Crippen molar-refractivity contribution in [2.45, 2.75) is 6.54 Å². The first-order valence-electron chi connectivity index (χ1n) is 6.13. The Balaban J connectivity index is 2.32. The van der Waals surface area contributed by atoms with Crippen molar-refractivity contribution in [3.63, 3.8) is 0 Å². The molecule has 0 unspecified atom stereocenters. The summed E-state index contributed by atoms with van der Waals surface area (Å²) in [5.74, 6) is 0. The van der Waals surface area contributed by atoms with Crippen LogP contribution in [-0.2, 0) is 20.6 Å². The summed E-state index contributed by atoms with van der Waals surface area (Å²) < 4.78 is 3.22. The standard InChI is InChI=1S/C14H13BrN4O2/c1-18-8-10(13(20)19(2)14(18)21)7-17-12-4-3-11(15)5-9(12)6-16/h3-5,8,17H,7H2,1-2H3. The van der Waals surface area contributed by atoms with E-state index in [1.54, 1.807) is 19.2 Å². The number of aromatic nitrogens is 2. The number of hydrogen-bond acceptors (Lipinski definition) is 4. The lowest BCUT2D eigenvalue weighted by Crippen LogP contribution is -2.38.